The lowest BCUT2D eigenvalue weighted by Gasteiger charge is -2.62. The van der Waals surface area contributed by atoms with Gasteiger partial charge in [0.2, 0.25) is 0 Å². The van der Waals surface area contributed by atoms with Gasteiger partial charge in [0.1, 0.15) is 11.9 Å². The zero-order valence-electron chi connectivity index (χ0n) is 24.1. The summed E-state index contributed by atoms with van der Waals surface area (Å²) in [5.74, 6) is 2.16. The molecule has 0 aromatic carbocycles. The van der Waals surface area contributed by atoms with Crippen LogP contribution in [0.15, 0.2) is 0 Å². The number of carbonyl (C=O) groups is 2. The summed E-state index contributed by atoms with van der Waals surface area (Å²) in [6, 6.07) is 0.670. The van der Waals surface area contributed by atoms with Gasteiger partial charge in [0.15, 0.2) is 0 Å². The molecule has 4 aliphatic carbocycles. The van der Waals surface area contributed by atoms with Crippen molar-refractivity contribution >= 4 is 11.8 Å². The van der Waals surface area contributed by atoms with E-state index in [9.17, 15) is 14.7 Å². The van der Waals surface area contributed by atoms with Gasteiger partial charge >= 0.3 is 5.97 Å². The monoisotopic (exact) mass is 503 g/mol. The van der Waals surface area contributed by atoms with E-state index in [4.69, 9.17) is 4.74 Å². The molecule has 0 aromatic heterocycles. The number of carbonyl (C=O) groups excluding carboxylic acids is 2. The summed E-state index contributed by atoms with van der Waals surface area (Å²) in [5, 5.41) is 10.5. The number of hydrogen-bond donors (Lipinski definition) is 1. The van der Waals surface area contributed by atoms with Gasteiger partial charge in [0, 0.05) is 23.9 Å². The number of ether oxygens (including phenoxy) is 1. The maximum atomic E-state index is 13.6. The van der Waals surface area contributed by atoms with Crippen molar-refractivity contribution in [2.75, 3.05) is 6.54 Å². The zero-order valence-corrected chi connectivity index (χ0v) is 24.1. The smallest absolute Gasteiger partial charge is 0.320 e. The number of aliphatic hydroxyl groups excluding tert-OH is 1. The minimum absolute atomic E-state index is 0.0809. The van der Waals surface area contributed by atoms with Gasteiger partial charge in [0.05, 0.1) is 12.6 Å². The number of esters is 1. The van der Waals surface area contributed by atoms with Crippen LogP contribution in [0.4, 0.5) is 0 Å². The van der Waals surface area contributed by atoms with Crippen LogP contribution in [0.3, 0.4) is 0 Å². The molecule has 4 fully saturated rings. The van der Waals surface area contributed by atoms with E-state index in [1.807, 2.05) is 0 Å². The third-order valence-corrected chi connectivity index (χ3v) is 11.9. The summed E-state index contributed by atoms with van der Waals surface area (Å²) in [6.45, 7) is 15.6. The fourth-order valence-electron chi connectivity index (χ4n) is 9.67. The molecular weight excluding hydrogens is 450 g/mol. The van der Waals surface area contributed by atoms with Crippen molar-refractivity contribution in [2.45, 2.75) is 137 Å². The van der Waals surface area contributed by atoms with Crippen molar-refractivity contribution in [2.24, 2.45) is 40.4 Å². The average molecular weight is 504 g/mol. The first-order valence-electron chi connectivity index (χ1n) is 15.1. The van der Waals surface area contributed by atoms with Crippen molar-refractivity contribution in [1.82, 2.24) is 4.90 Å². The van der Waals surface area contributed by atoms with Gasteiger partial charge in [-0.05, 0) is 114 Å². The van der Waals surface area contributed by atoms with Gasteiger partial charge in [-0.25, -0.2) is 0 Å². The molecule has 206 valence electrons. The normalized spacial score (nSPS) is 43.8. The van der Waals surface area contributed by atoms with Crippen LogP contribution < -0.4 is 0 Å². The summed E-state index contributed by atoms with van der Waals surface area (Å²) in [5.41, 5.74) is 0.0122. The van der Waals surface area contributed by atoms with Crippen LogP contribution in [0.1, 0.15) is 113 Å². The molecule has 0 aromatic rings. The highest BCUT2D eigenvalue weighted by molar-refractivity contribution is 5.79. The first kappa shape index (κ1) is 28.1. The Hall–Kier alpha value is -0.940. The highest BCUT2D eigenvalue weighted by atomic mass is 16.5. The Balaban J connectivity index is 1.64. The lowest BCUT2D eigenvalue weighted by Crippen LogP contribution is -2.60. The van der Waals surface area contributed by atoms with E-state index in [2.05, 4.69) is 46.4 Å². The Morgan fingerprint density at radius 1 is 1.00 bits per heavy atom. The van der Waals surface area contributed by atoms with Crippen LogP contribution in [-0.2, 0) is 14.3 Å². The van der Waals surface area contributed by atoms with Gasteiger partial charge in [-0.15, -0.1) is 0 Å². The van der Waals surface area contributed by atoms with Crippen molar-refractivity contribution in [1.29, 1.82) is 0 Å². The minimum Gasteiger partial charge on any atom is -0.461 e. The highest BCUT2D eigenvalue weighted by Crippen LogP contribution is 2.68. The number of rotatable bonds is 8. The quantitative estimate of drug-likeness (QED) is 0.411. The summed E-state index contributed by atoms with van der Waals surface area (Å²) in [4.78, 5) is 28.6. The third kappa shape index (κ3) is 4.81. The van der Waals surface area contributed by atoms with Gasteiger partial charge in [-0.2, -0.15) is 0 Å². The standard InChI is InChI=1S/C31H53NO4/c1-8-19(3)32(20(4)9-2)18-28(35)36-27-17-31(7)25(21(5)33)12-13-26(31)24-11-10-22-16-23(34)14-15-30(22,6)29(24)27/h19-20,22-27,29,34H,8-18H2,1-7H3/t19?,20?,22-,23+,24-,25+,26-,27-,29+,30-,31+/m0/s1. The molecular formula is C31H53NO4. The first-order valence-corrected chi connectivity index (χ1v) is 15.1. The fourth-order valence-corrected chi connectivity index (χ4v) is 9.67. The fraction of sp³-hybridized carbons (Fsp3) is 0.935. The molecule has 4 rings (SSSR count). The number of nitrogens with zero attached hydrogens (tertiary/aromatic N) is 1. The van der Waals surface area contributed by atoms with Crippen LogP contribution in [0.2, 0.25) is 0 Å². The Bertz CT molecular complexity index is 804. The lowest BCUT2D eigenvalue weighted by molar-refractivity contribution is -0.200. The Kier molecular flexibility index (Phi) is 8.32. The Labute approximate surface area is 220 Å². The molecule has 1 N–H and O–H groups in total. The number of fused-ring (bicyclic) bond motifs is 5. The summed E-state index contributed by atoms with van der Waals surface area (Å²) >= 11 is 0. The lowest BCUT2D eigenvalue weighted by atomic mass is 9.43. The summed E-state index contributed by atoms with van der Waals surface area (Å²) in [6.07, 6.45) is 9.65. The number of ketones is 1. The van der Waals surface area contributed by atoms with Crippen molar-refractivity contribution in [3.05, 3.63) is 0 Å². The number of hydrogen-bond acceptors (Lipinski definition) is 5. The van der Waals surface area contributed by atoms with Crippen LogP contribution >= 0.6 is 0 Å². The molecule has 4 saturated carbocycles. The van der Waals surface area contributed by atoms with Crippen LogP contribution in [-0.4, -0.2) is 52.6 Å². The van der Waals surface area contributed by atoms with Crippen molar-refractivity contribution in [3.63, 3.8) is 0 Å². The Morgan fingerprint density at radius 2 is 1.67 bits per heavy atom. The molecule has 0 amide bonds. The Morgan fingerprint density at radius 3 is 2.28 bits per heavy atom. The van der Waals surface area contributed by atoms with E-state index in [0.717, 1.165) is 64.2 Å². The van der Waals surface area contributed by atoms with Crippen molar-refractivity contribution in [3.8, 4) is 0 Å². The molecule has 0 radical (unpaired) electrons. The highest BCUT2D eigenvalue weighted by Gasteiger charge is 2.64. The molecule has 0 aliphatic heterocycles. The van der Waals surface area contributed by atoms with Crippen molar-refractivity contribution < 1.29 is 19.4 Å². The van der Waals surface area contributed by atoms with Crippen LogP contribution in [0.5, 0.6) is 0 Å². The molecule has 5 heteroatoms. The molecule has 11 atom stereocenters. The molecule has 0 heterocycles. The van der Waals surface area contributed by atoms with E-state index in [1.54, 1.807) is 6.92 Å². The van der Waals surface area contributed by atoms with Gasteiger partial charge in [-0.3, -0.25) is 14.5 Å². The topological polar surface area (TPSA) is 66.8 Å². The molecule has 0 spiro atoms. The zero-order chi connectivity index (χ0) is 26.4. The second kappa shape index (κ2) is 10.7. The third-order valence-electron chi connectivity index (χ3n) is 11.9. The predicted octanol–water partition coefficient (Wildman–Crippen LogP) is 6.02. The van der Waals surface area contributed by atoms with Gasteiger partial charge < -0.3 is 9.84 Å². The predicted molar refractivity (Wildman–Crippen MR) is 143 cm³/mol. The van der Waals surface area contributed by atoms with E-state index in [1.165, 1.54) is 0 Å². The number of Topliss-reactive ketones (excluding diaryl/α,β-unsaturated/α-hetero) is 1. The molecule has 5 nitrogen and oxygen atoms in total. The van der Waals surface area contributed by atoms with Gasteiger partial charge in [-0.1, -0.05) is 27.7 Å². The van der Waals surface area contributed by atoms with E-state index in [-0.39, 0.29) is 34.9 Å². The SMILES string of the molecule is CCC(C)N(CC(=O)O[C@H]1C[C@]2(C)[C@@H](C(C)=O)CC[C@H]2[C@@H]2CC[C@H]3C[C@H](O)CC[C@]3(C)[C@H]21)C(C)CC. The molecule has 2 unspecified atom stereocenters. The summed E-state index contributed by atoms with van der Waals surface area (Å²) in [7, 11) is 0. The van der Waals surface area contributed by atoms with E-state index < -0.39 is 0 Å². The number of aliphatic hydroxyl groups is 1. The van der Waals surface area contributed by atoms with Crippen LogP contribution in [0.25, 0.3) is 0 Å². The first-order chi connectivity index (χ1) is 17.0. The second-order valence-corrected chi connectivity index (χ2v) is 13.7. The molecule has 0 bridgehead atoms. The van der Waals surface area contributed by atoms with E-state index in [0.29, 0.717) is 48.1 Å². The second-order valence-electron chi connectivity index (χ2n) is 13.7. The largest absolute Gasteiger partial charge is 0.461 e. The average Bonchev–Trinajstić information content (AvgIpc) is 3.18. The van der Waals surface area contributed by atoms with E-state index >= 15 is 0 Å². The molecule has 4 aliphatic rings. The summed E-state index contributed by atoms with van der Waals surface area (Å²) < 4.78 is 6.57. The maximum Gasteiger partial charge on any atom is 0.320 e. The minimum atomic E-state index is -0.192. The molecule has 36 heavy (non-hydrogen) atoms. The van der Waals surface area contributed by atoms with Gasteiger partial charge in [0.25, 0.3) is 0 Å². The van der Waals surface area contributed by atoms with Crippen LogP contribution in [0, 0.1) is 40.4 Å². The molecule has 0 saturated heterocycles. The maximum absolute atomic E-state index is 13.6.